The molecule has 0 aromatic heterocycles. The van der Waals surface area contributed by atoms with Crippen LogP contribution in [0.3, 0.4) is 0 Å². The summed E-state index contributed by atoms with van der Waals surface area (Å²) in [5, 5.41) is 7.22. The molecule has 0 spiro atoms. The molecule has 0 radical (unpaired) electrons. The molecule has 1 aliphatic carbocycles. The minimum absolute atomic E-state index is 0.0561. The van der Waals surface area contributed by atoms with Gasteiger partial charge < -0.3 is 15.4 Å². The summed E-state index contributed by atoms with van der Waals surface area (Å²) >= 11 is 0. The lowest BCUT2D eigenvalue weighted by atomic mass is 9.73. The number of Topliss-reactive ketones (excluding diaryl/α,β-unsaturated/α-hetero) is 1. The Balaban J connectivity index is 1.86. The molecule has 0 unspecified atom stereocenters. The minimum atomic E-state index is -0.245. The zero-order chi connectivity index (χ0) is 20.6. The molecule has 2 aromatic carbocycles. The number of fused-ring (bicyclic) bond motifs is 1. The van der Waals surface area contributed by atoms with Crippen LogP contribution < -0.4 is 15.4 Å². The highest BCUT2D eigenvalue weighted by Crippen LogP contribution is 2.46. The second-order valence-electron chi connectivity index (χ2n) is 8.96. The monoisotopic (exact) mass is 390 g/mol. The summed E-state index contributed by atoms with van der Waals surface area (Å²) in [6, 6.07) is 16.0. The molecule has 2 atom stereocenters. The first-order valence-corrected chi connectivity index (χ1v) is 10.5. The minimum Gasteiger partial charge on any atom is -0.490 e. The Bertz CT molecular complexity index is 961. The number of para-hydroxylation sites is 3. The van der Waals surface area contributed by atoms with E-state index in [2.05, 4.69) is 56.5 Å². The summed E-state index contributed by atoms with van der Waals surface area (Å²) < 4.78 is 6.24. The lowest BCUT2D eigenvalue weighted by molar-refractivity contribution is -0.118. The van der Waals surface area contributed by atoms with Crippen molar-refractivity contribution < 1.29 is 9.53 Å². The predicted octanol–water partition coefficient (Wildman–Crippen LogP) is 6.09. The van der Waals surface area contributed by atoms with Gasteiger partial charge >= 0.3 is 0 Å². The molecule has 4 heteroatoms. The zero-order valence-corrected chi connectivity index (χ0v) is 17.7. The highest BCUT2D eigenvalue weighted by molar-refractivity contribution is 6.01. The van der Waals surface area contributed by atoms with Gasteiger partial charge in [0.15, 0.2) is 5.78 Å². The number of benzene rings is 2. The molecule has 0 saturated carbocycles. The standard InChI is InChI=1S/C25H30N2O2/c1-5-16(2)29-22-13-9-6-10-17(22)24-23-20(14-25(3,4)15-21(23)28)26-18-11-7-8-12-19(18)27-24/h6-13,16,24,26-27H,5,14-15H2,1-4H3/t16-,24-/m1/s1. The van der Waals surface area contributed by atoms with Crippen LogP contribution in [-0.2, 0) is 4.79 Å². The maximum Gasteiger partial charge on any atom is 0.163 e. The van der Waals surface area contributed by atoms with Gasteiger partial charge in [0.25, 0.3) is 0 Å². The molecule has 0 fully saturated rings. The van der Waals surface area contributed by atoms with Crippen LogP contribution in [0.2, 0.25) is 0 Å². The molecule has 0 amide bonds. The van der Waals surface area contributed by atoms with Crippen molar-refractivity contribution in [3.8, 4) is 5.75 Å². The third kappa shape index (κ3) is 3.89. The fourth-order valence-corrected chi connectivity index (χ4v) is 4.25. The Morgan fingerprint density at radius 2 is 1.76 bits per heavy atom. The maximum atomic E-state index is 13.3. The first-order valence-electron chi connectivity index (χ1n) is 10.5. The lowest BCUT2D eigenvalue weighted by Crippen LogP contribution is -2.31. The number of allylic oxidation sites excluding steroid dienone is 1. The van der Waals surface area contributed by atoms with Gasteiger partial charge in [-0.05, 0) is 43.4 Å². The number of ether oxygens (including phenoxy) is 1. The number of nitrogens with one attached hydrogen (secondary N) is 2. The molecule has 4 nitrogen and oxygen atoms in total. The molecule has 29 heavy (non-hydrogen) atoms. The summed E-state index contributed by atoms with van der Waals surface area (Å²) in [5.74, 6) is 1.04. The van der Waals surface area contributed by atoms with E-state index in [4.69, 9.17) is 4.74 Å². The molecule has 1 heterocycles. The van der Waals surface area contributed by atoms with Crippen LogP contribution >= 0.6 is 0 Å². The Morgan fingerprint density at radius 1 is 1.07 bits per heavy atom. The smallest absolute Gasteiger partial charge is 0.163 e. The van der Waals surface area contributed by atoms with Crippen LogP contribution in [0.1, 0.15) is 58.6 Å². The molecule has 2 N–H and O–H groups in total. The maximum absolute atomic E-state index is 13.3. The van der Waals surface area contributed by atoms with E-state index in [9.17, 15) is 4.79 Å². The molecule has 0 saturated heterocycles. The predicted molar refractivity (Wildman–Crippen MR) is 118 cm³/mol. The van der Waals surface area contributed by atoms with Crippen LogP contribution in [0, 0.1) is 5.41 Å². The molecule has 1 aliphatic heterocycles. The van der Waals surface area contributed by atoms with Crippen molar-refractivity contribution >= 4 is 17.2 Å². The van der Waals surface area contributed by atoms with Gasteiger partial charge in [-0.25, -0.2) is 0 Å². The van der Waals surface area contributed by atoms with E-state index in [1.807, 2.05) is 30.3 Å². The van der Waals surface area contributed by atoms with Crippen molar-refractivity contribution in [1.82, 2.24) is 0 Å². The second-order valence-corrected chi connectivity index (χ2v) is 8.96. The van der Waals surface area contributed by atoms with E-state index in [1.165, 1.54) is 0 Å². The summed E-state index contributed by atoms with van der Waals surface area (Å²) in [5.41, 5.74) is 4.81. The van der Waals surface area contributed by atoms with E-state index in [0.717, 1.165) is 46.8 Å². The largest absolute Gasteiger partial charge is 0.490 e. The molecule has 2 aliphatic rings. The molecule has 152 valence electrons. The van der Waals surface area contributed by atoms with Gasteiger partial charge in [0.05, 0.1) is 23.5 Å². The average Bonchev–Trinajstić information content (AvgIpc) is 2.83. The topological polar surface area (TPSA) is 50.4 Å². The van der Waals surface area contributed by atoms with Crippen LogP contribution in [0.25, 0.3) is 0 Å². The SMILES string of the molecule is CC[C@@H](C)Oc1ccccc1[C@H]1Nc2ccccc2NC2=C1C(=O)CC(C)(C)C2. The number of hydrogen-bond acceptors (Lipinski definition) is 4. The van der Waals surface area contributed by atoms with E-state index in [0.29, 0.717) is 6.42 Å². The average molecular weight is 391 g/mol. The van der Waals surface area contributed by atoms with Gasteiger partial charge in [-0.15, -0.1) is 0 Å². The fourth-order valence-electron chi connectivity index (χ4n) is 4.25. The van der Waals surface area contributed by atoms with Gasteiger partial charge in [0.1, 0.15) is 5.75 Å². The Hall–Kier alpha value is -2.75. The van der Waals surface area contributed by atoms with Gasteiger partial charge in [0, 0.05) is 23.3 Å². The molecular formula is C25H30N2O2. The Morgan fingerprint density at radius 3 is 2.52 bits per heavy atom. The van der Waals surface area contributed by atoms with E-state index in [-0.39, 0.29) is 23.3 Å². The molecule has 4 rings (SSSR count). The summed E-state index contributed by atoms with van der Waals surface area (Å²) in [6.45, 7) is 8.52. The first-order chi connectivity index (χ1) is 13.9. The number of rotatable bonds is 4. The lowest BCUT2D eigenvalue weighted by Gasteiger charge is -2.34. The van der Waals surface area contributed by atoms with Crippen molar-refractivity contribution in [3.05, 3.63) is 65.4 Å². The van der Waals surface area contributed by atoms with Crippen LogP contribution in [-0.4, -0.2) is 11.9 Å². The summed E-state index contributed by atoms with van der Waals surface area (Å²) in [7, 11) is 0. The highest BCUT2D eigenvalue weighted by Gasteiger charge is 2.39. The highest BCUT2D eigenvalue weighted by atomic mass is 16.5. The third-order valence-electron chi connectivity index (χ3n) is 5.85. The van der Waals surface area contributed by atoms with Gasteiger partial charge in [-0.1, -0.05) is 51.1 Å². The van der Waals surface area contributed by atoms with Crippen molar-refractivity contribution in [2.45, 2.75) is 59.1 Å². The second kappa shape index (κ2) is 7.58. The number of hydrogen-bond donors (Lipinski definition) is 2. The molecule has 2 aromatic rings. The normalized spacial score (nSPS) is 21.2. The number of carbonyl (C=O) groups excluding carboxylic acids is 1. The number of carbonyl (C=O) groups is 1. The Kier molecular flexibility index (Phi) is 5.12. The summed E-state index contributed by atoms with van der Waals surface area (Å²) in [6.07, 6.45) is 2.44. The van der Waals surface area contributed by atoms with E-state index in [1.54, 1.807) is 0 Å². The van der Waals surface area contributed by atoms with Crippen LogP contribution in [0.5, 0.6) is 5.75 Å². The van der Waals surface area contributed by atoms with Crippen LogP contribution in [0.4, 0.5) is 11.4 Å². The van der Waals surface area contributed by atoms with Gasteiger partial charge in [0.2, 0.25) is 0 Å². The molecular weight excluding hydrogens is 360 g/mol. The third-order valence-corrected chi connectivity index (χ3v) is 5.85. The van der Waals surface area contributed by atoms with Gasteiger partial charge in [-0.3, -0.25) is 4.79 Å². The summed E-state index contributed by atoms with van der Waals surface area (Å²) in [4.78, 5) is 13.3. The number of anilines is 2. The number of ketones is 1. The van der Waals surface area contributed by atoms with Gasteiger partial charge in [-0.2, -0.15) is 0 Å². The fraction of sp³-hybridized carbons (Fsp3) is 0.400. The van der Waals surface area contributed by atoms with E-state index >= 15 is 0 Å². The van der Waals surface area contributed by atoms with Crippen molar-refractivity contribution in [2.24, 2.45) is 5.41 Å². The van der Waals surface area contributed by atoms with Crippen molar-refractivity contribution in [1.29, 1.82) is 0 Å². The molecule has 0 bridgehead atoms. The van der Waals surface area contributed by atoms with Crippen molar-refractivity contribution in [2.75, 3.05) is 10.6 Å². The zero-order valence-electron chi connectivity index (χ0n) is 17.7. The Labute approximate surface area is 173 Å². The first kappa shape index (κ1) is 19.6. The van der Waals surface area contributed by atoms with E-state index < -0.39 is 0 Å². The van der Waals surface area contributed by atoms with Crippen molar-refractivity contribution in [3.63, 3.8) is 0 Å². The van der Waals surface area contributed by atoms with Crippen LogP contribution in [0.15, 0.2) is 59.8 Å². The quantitative estimate of drug-likeness (QED) is 0.664.